The molecule has 6 nitrogen and oxygen atoms in total. The first-order valence-electron chi connectivity index (χ1n) is 11.0. The quantitative estimate of drug-likeness (QED) is 0.688. The van der Waals surface area contributed by atoms with E-state index >= 15 is 0 Å². The Bertz CT molecular complexity index is 785. The van der Waals surface area contributed by atoms with E-state index in [0.717, 1.165) is 23.9 Å². The molecule has 0 unspecified atom stereocenters. The minimum atomic E-state index is -0.528. The zero-order valence-corrected chi connectivity index (χ0v) is 19.2. The Morgan fingerprint density at radius 2 is 1.67 bits per heavy atom. The van der Waals surface area contributed by atoms with Crippen LogP contribution in [0.15, 0.2) is 24.3 Å². The first-order chi connectivity index (χ1) is 13.9. The Morgan fingerprint density at radius 1 is 1.07 bits per heavy atom. The maximum absolute atomic E-state index is 12.9. The van der Waals surface area contributed by atoms with Gasteiger partial charge in [-0.05, 0) is 72.3 Å². The van der Waals surface area contributed by atoms with Gasteiger partial charge in [0.05, 0.1) is 36.0 Å². The number of ether oxygens (including phenoxy) is 2. The number of amides is 1. The van der Waals surface area contributed by atoms with Crippen LogP contribution >= 0.6 is 0 Å². The van der Waals surface area contributed by atoms with E-state index < -0.39 is 12.7 Å². The molecule has 30 heavy (non-hydrogen) atoms. The molecule has 3 aliphatic heterocycles. The Kier molecular flexibility index (Phi) is 5.23. The normalized spacial score (nSPS) is 29.9. The number of carbonyl (C=O) groups excluding carboxylic acids is 1. The van der Waals surface area contributed by atoms with Crippen molar-refractivity contribution in [1.82, 2.24) is 4.90 Å². The number of rotatable bonds is 2. The largest absolute Gasteiger partial charge is 0.494 e. The summed E-state index contributed by atoms with van der Waals surface area (Å²) in [6, 6.07) is 8.04. The molecule has 0 radical (unpaired) electrons. The summed E-state index contributed by atoms with van der Waals surface area (Å²) in [5.74, 6) is 0. The topological polar surface area (TPSA) is 57.2 Å². The lowest BCUT2D eigenvalue weighted by atomic mass is 9.78. The second-order valence-corrected chi connectivity index (χ2v) is 10.7. The molecule has 1 amide bonds. The van der Waals surface area contributed by atoms with Gasteiger partial charge in [0.25, 0.3) is 0 Å². The molecule has 3 fully saturated rings. The third-order valence-corrected chi connectivity index (χ3v) is 6.66. The minimum absolute atomic E-state index is 0.000958. The van der Waals surface area contributed by atoms with Gasteiger partial charge in [-0.15, -0.1) is 0 Å². The highest BCUT2D eigenvalue weighted by Crippen LogP contribution is 2.41. The number of morpholine rings is 1. The van der Waals surface area contributed by atoms with Gasteiger partial charge < -0.3 is 18.8 Å². The molecule has 2 bridgehead atoms. The number of likely N-dealkylation sites (tertiary alicyclic amines) is 1. The van der Waals surface area contributed by atoms with E-state index in [9.17, 15) is 4.79 Å². The molecule has 1 aromatic carbocycles. The minimum Gasteiger partial charge on any atom is -0.444 e. The SMILES string of the molecule is CC(C)(C)OC(=O)N1C[C@H]2CC[C@H](O2)[C@H]1c1ccc(B2OC(C)(C)C(C)(C)O2)cc1. The zero-order chi connectivity index (χ0) is 21.9. The Labute approximate surface area is 180 Å². The van der Waals surface area contributed by atoms with Crippen molar-refractivity contribution in [3.05, 3.63) is 29.8 Å². The molecular formula is C23H34BNO5. The number of nitrogens with zero attached hydrogens (tertiary/aromatic N) is 1. The van der Waals surface area contributed by atoms with Crippen LogP contribution in [0.2, 0.25) is 0 Å². The highest BCUT2D eigenvalue weighted by molar-refractivity contribution is 6.62. The summed E-state index contributed by atoms with van der Waals surface area (Å²) in [5, 5.41) is 0. The molecule has 0 aromatic heterocycles. The van der Waals surface area contributed by atoms with Crippen LogP contribution in [0, 0.1) is 0 Å². The van der Waals surface area contributed by atoms with Crippen LogP contribution in [0.4, 0.5) is 4.79 Å². The molecule has 1 aromatic rings. The fraction of sp³-hybridized carbons (Fsp3) is 0.696. The van der Waals surface area contributed by atoms with Crippen molar-refractivity contribution in [2.45, 2.75) is 96.4 Å². The van der Waals surface area contributed by atoms with E-state index in [-0.39, 0.29) is 35.5 Å². The third-order valence-electron chi connectivity index (χ3n) is 6.66. The predicted molar refractivity (Wildman–Crippen MR) is 116 cm³/mol. The van der Waals surface area contributed by atoms with Crippen LogP contribution in [0.3, 0.4) is 0 Å². The second kappa shape index (κ2) is 7.25. The number of carbonyl (C=O) groups is 1. The van der Waals surface area contributed by atoms with Crippen molar-refractivity contribution < 1.29 is 23.6 Å². The lowest BCUT2D eigenvalue weighted by Crippen LogP contribution is -2.49. The van der Waals surface area contributed by atoms with Crippen LogP contribution in [0.1, 0.15) is 72.9 Å². The number of benzene rings is 1. The highest BCUT2D eigenvalue weighted by atomic mass is 16.7. The monoisotopic (exact) mass is 415 g/mol. The second-order valence-electron chi connectivity index (χ2n) is 10.7. The summed E-state index contributed by atoms with van der Waals surface area (Å²) < 4.78 is 24.2. The van der Waals surface area contributed by atoms with E-state index in [1.54, 1.807) is 0 Å². The maximum atomic E-state index is 12.9. The fourth-order valence-electron chi connectivity index (χ4n) is 4.37. The van der Waals surface area contributed by atoms with E-state index in [1.807, 2.05) is 37.8 Å². The number of hydrogen-bond donors (Lipinski definition) is 0. The molecule has 3 atom stereocenters. The Balaban J connectivity index is 1.56. The summed E-state index contributed by atoms with van der Waals surface area (Å²) in [6.07, 6.45) is 1.75. The molecule has 0 aliphatic carbocycles. The van der Waals surface area contributed by atoms with Crippen molar-refractivity contribution in [1.29, 1.82) is 0 Å². The van der Waals surface area contributed by atoms with Crippen molar-refractivity contribution >= 4 is 18.7 Å². The van der Waals surface area contributed by atoms with E-state index in [1.165, 1.54) is 0 Å². The summed E-state index contributed by atoms with van der Waals surface area (Å²) in [6.45, 7) is 14.5. The summed E-state index contributed by atoms with van der Waals surface area (Å²) in [4.78, 5) is 14.8. The van der Waals surface area contributed by atoms with Crippen LogP contribution in [-0.2, 0) is 18.8 Å². The van der Waals surface area contributed by atoms with Gasteiger partial charge in [0.2, 0.25) is 0 Å². The van der Waals surface area contributed by atoms with Crippen molar-refractivity contribution in [3.8, 4) is 0 Å². The summed E-state index contributed by atoms with van der Waals surface area (Å²) >= 11 is 0. The molecule has 3 heterocycles. The van der Waals surface area contributed by atoms with Crippen LogP contribution in [-0.4, -0.2) is 53.7 Å². The van der Waals surface area contributed by atoms with Gasteiger partial charge in [-0.1, -0.05) is 24.3 Å². The Morgan fingerprint density at radius 3 is 2.23 bits per heavy atom. The highest BCUT2D eigenvalue weighted by Gasteiger charge is 2.52. The van der Waals surface area contributed by atoms with E-state index in [4.69, 9.17) is 18.8 Å². The molecule has 164 valence electrons. The van der Waals surface area contributed by atoms with Gasteiger partial charge in [-0.25, -0.2) is 4.79 Å². The fourth-order valence-corrected chi connectivity index (χ4v) is 4.37. The lowest BCUT2D eigenvalue weighted by molar-refractivity contribution is -0.0823. The average molecular weight is 415 g/mol. The number of hydrogen-bond acceptors (Lipinski definition) is 5. The molecule has 7 heteroatoms. The molecule has 0 saturated carbocycles. The van der Waals surface area contributed by atoms with Gasteiger partial charge in [0.1, 0.15) is 5.60 Å². The van der Waals surface area contributed by atoms with Gasteiger partial charge in [0.15, 0.2) is 0 Å². The van der Waals surface area contributed by atoms with Crippen molar-refractivity contribution in [2.75, 3.05) is 6.54 Å². The Hall–Kier alpha value is -1.57. The van der Waals surface area contributed by atoms with E-state index in [2.05, 4.69) is 39.8 Å². The maximum Gasteiger partial charge on any atom is 0.494 e. The standard InChI is InChI=1S/C23H34BNO5/c1-21(2,3)28-20(26)25-14-17-12-13-18(27-17)19(25)15-8-10-16(11-9-15)24-29-22(4,5)23(6,7)30-24/h8-11,17-19H,12-14H2,1-7H3/t17-,18+,19-/m1/s1. The van der Waals surface area contributed by atoms with Gasteiger partial charge in [0, 0.05) is 0 Å². The zero-order valence-electron chi connectivity index (χ0n) is 19.2. The first kappa shape index (κ1) is 21.7. The van der Waals surface area contributed by atoms with Crippen molar-refractivity contribution in [2.24, 2.45) is 0 Å². The summed E-state index contributed by atoms with van der Waals surface area (Å²) in [5.41, 5.74) is 0.744. The molecule has 0 N–H and O–H groups in total. The van der Waals surface area contributed by atoms with Crippen LogP contribution < -0.4 is 5.46 Å². The molecule has 0 spiro atoms. The van der Waals surface area contributed by atoms with E-state index in [0.29, 0.717) is 6.54 Å². The third kappa shape index (κ3) is 3.99. The molecular weight excluding hydrogens is 381 g/mol. The van der Waals surface area contributed by atoms with Gasteiger partial charge in [-0.3, -0.25) is 4.90 Å². The lowest BCUT2D eigenvalue weighted by Gasteiger charge is -2.41. The molecule has 3 aliphatic rings. The average Bonchev–Trinajstić information content (AvgIpc) is 3.10. The number of fused-ring (bicyclic) bond motifs is 2. The smallest absolute Gasteiger partial charge is 0.444 e. The molecule has 4 rings (SSSR count). The predicted octanol–water partition coefficient (Wildman–Crippen LogP) is 3.83. The summed E-state index contributed by atoms with van der Waals surface area (Å²) in [7, 11) is -0.399. The van der Waals surface area contributed by atoms with Crippen LogP contribution in [0.5, 0.6) is 0 Å². The first-order valence-corrected chi connectivity index (χ1v) is 11.0. The molecule has 3 saturated heterocycles. The van der Waals surface area contributed by atoms with Gasteiger partial charge in [-0.2, -0.15) is 0 Å². The van der Waals surface area contributed by atoms with Gasteiger partial charge >= 0.3 is 13.2 Å². The van der Waals surface area contributed by atoms with Crippen LogP contribution in [0.25, 0.3) is 0 Å². The van der Waals surface area contributed by atoms with Crippen molar-refractivity contribution in [3.63, 3.8) is 0 Å².